The average Bonchev–Trinajstić information content (AvgIpc) is 3.30. The second-order valence-electron chi connectivity index (χ2n) is 10.2. The van der Waals surface area contributed by atoms with Gasteiger partial charge in [0.15, 0.2) is 0 Å². The van der Waals surface area contributed by atoms with Gasteiger partial charge in [-0.3, -0.25) is 9.69 Å². The van der Waals surface area contributed by atoms with E-state index in [1.807, 2.05) is 18.2 Å². The van der Waals surface area contributed by atoms with Crippen LogP contribution in [0.25, 0.3) is 0 Å². The second kappa shape index (κ2) is 11.9. The molecule has 2 aromatic rings. The Balaban J connectivity index is 0.000000186. The average molecular weight is 572 g/mol. The van der Waals surface area contributed by atoms with E-state index < -0.39 is 21.1 Å². The van der Waals surface area contributed by atoms with E-state index >= 15 is 0 Å². The van der Waals surface area contributed by atoms with Gasteiger partial charge in [0.25, 0.3) is 9.05 Å². The van der Waals surface area contributed by atoms with Crippen LogP contribution in [0.5, 0.6) is 0 Å². The van der Waals surface area contributed by atoms with Crippen molar-refractivity contribution < 1.29 is 26.4 Å². The summed E-state index contributed by atoms with van der Waals surface area (Å²) >= 11 is 0. The SMILES string of the molecule is CN1CCC[C@H]1CCN1CCc2ccc(S(=O)(=O)Cl)cc2C1.O=C(N1CCc2ccccc2C1)C(F)(F)F. The van der Waals surface area contributed by atoms with E-state index in [1.165, 1.54) is 31.4 Å². The van der Waals surface area contributed by atoms with Gasteiger partial charge in [0.1, 0.15) is 0 Å². The summed E-state index contributed by atoms with van der Waals surface area (Å²) in [4.78, 5) is 17.0. The van der Waals surface area contributed by atoms with Crippen LogP contribution >= 0.6 is 10.7 Å². The van der Waals surface area contributed by atoms with Crippen molar-refractivity contribution in [2.24, 2.45) is 0 Å². The number of likely N-dealkylation sites (tertiary alicyclic amines) is 1. The highest BCUT2D eigenvalue weighted by molar-refractivity contribution is 8.13. The van der Waals surface area contributed by atoms with Crippen molar-refractivity contribution in [3.8, 4) is 0 Å². The maximum atomic E-state index is 12.2. The first-order valence-electron chi connectivity index (χ1n) is 12.8. The van der Waals surface area contributed by atoms with Crippen LogP contribution in [0.2, 0.25) is 0 Å². The molecule has 0 aliphatic carbocycles. The maximum Gasteiger partial charge on any atom is 0.471 e. The molecule has 1 amide bonds. The van der Waals surface area contributed by atoms with Gasteiger partial charge in [-0.1, -0.05) is 30.3 Å². The van der Waals surface area contributed by atoms with Crippen LogP contribution in [-0.4, -0.2) is 74.5 Å². The molecule has 0 radical (unpaired) electrons. The van der Waals surface area contributed by atoms with E-state index in [9.17, 15) is 26.4 Å². The van der Waals surface area contributed by atoms with E-state index in [0.29, 0.717) is 12.5 Å². The monoisotopic (exact) mass is 571 g/mol. The number of benzene rings is 2. The number of fused-ring (bicyclic) bond motifs is 2. The maximum absolute atomic E-state index is 12.2. The van der Waals surface area contributed by atoms with Crippen LogP contribution in [0.3, 0.4) is 0 Å². The highest BCUT2D eigenvalue weighted by atomic mass is 35.7. The van der Waals surface area contributed by atoms with Crippen molar-refractivity contribution in [2.75, 3.05) is 33.2 Å². The summed E-state index contributed by atoms with van der Waals surface area (Å²) < 4.78 is 59.6. The van der Waals surface area contributed by atoms with Crippen LogP contribution in [0, 0.1) is 0 Å². The van der Waals surface area contributed by atoms with Crippen LogP contribution in [-0.2, 0) is 39.8 Å². The predicted octanol–water partition coefficient (Wildman–Crippen LogP) is 4.59. The molecule has 2 aromatic carbocycles. The number of hydrogen-bond acceptors (Lipinski definition) is 5. The van der Waals surface area contributed by atoms with E-state index in [-0.39, 0.29) is 18.0 Å². The number of nitrogens with zero attached hydrogens (tertiary/aromatic N) is 3. The number of carbonyl (C=O) groups is 1. The number of halogens is 4. The molecule has 0 unspecified atom stereocenters. The zero-order valence-corrected chi connectivity index (χ0v) is 23.0. The Labute approximate surface area is 226 Å². The molecule has 5 rings (SSSR count). The van der Waals surface area contributed by atoms with Crippen molar-refractivity contribution in [3.63, 3.8) is 0 Å². The number of rotatable bonds is 4. The van der Waals surface area contributed by atoms with Gasteiger partial charge in [-0.2, -0.15) is 13.2 Å². The van der Waals surface area contributed by atoms with Crippen molar-refractivity contribution >= 4 is 25.6 Å². The van der Waals surface area contributed by atoms with Crippen LogP contribution in [0.15, 0.2) is 47.4 Å². The lowest BCUT2D eigenvalue weighted by Gasteiger charge is -2.30. The quantitative estimate of drug-likeness (QED) is 0.503. The molecule has 0 spiro atoms. The minimum atomic E-state index is -4.77. The van der Waals surface area contributed by atoms with Gasteiger partial charge in [-0.15, -0.1) is 0 Å². The Morgan fingerprint density at radius 2 is 1.66 bits per heavy atom. The van der Waals surface area contributed by atoms with Gasteiger partial charge in [0.05, 0.1) is 4.90 Å². The number of carbonyl (C=O) groups excluding carboxylic acids is 1. The molecule has 1 fully saturated rings. The first-order chi connectivity index (χ1) is 17.9. The normalized spacial score (nSPS) is 20.3. The molecule has 3 aliphatic rings. The molecule has 3 aliphatic heterocycles. The molecule has 0 N–H and O–H groups in total. The van der Waals surface area contributed by atoms with Gasteiger partial charge in [0, 0.05) is 42.9 Å². The third-order valence-electron chi connectivity index (χ3n) is 7.66. The minimum absolute atomic E-state index is 0.0501. The van der Waals surface area contributed by atoms with Crippen LogP contribution < -0.4 is 0 Å². The summed E-state index contributed by atoms with van der Waals surface area (Å²) in [6, 6.07) is 13.2. The van der Waals surface area contributed by atoms with Crippen LogP contribution in [0.4, 0.5) is 13.2 Å². The molecule has 1 saturated heterocycles. The molecule has 38 heavy (non-hydrogen) atoms. The third kappa shape index (κ3) is 7.28. The summed E-state index contributed by atoms with van der Waals surface area (Å²) in [6.45, 7) is 4.35. The summed E-state index contributed by atoms with van der Waals surface area (Å²) in [6.07, 6.45) is 0.499. The summed E-state index contributed by atoms with van der Waals surface area (Å²) in [7, 11) is 4.02. The topological polar surface area (TPSA) is 60.9 Å². The van der Waals surface area contributed by atoms with Crippen LogP contribution in [0.1, 0.15) is 41.5 Å². The van der Waals surface area contributed by atoms with Gasteiger partial charge in [-0.25, -0.2) is 8.42 Å². The standard InChI is InChI=1S/C16H23ClN2O2S.C11H10F3NO/c1-18-8-2-3-15(18)7-10-19-9-6-13-4-5-16(22(17,20)21)11-14(13)12-19;12-11(13,14)10(16)15-6-5-8-3-1-2-4-9(8)7-15/h4-5,11,15H,2-3,6-10,12H2,1H3;1-4H,5-7H2/t15-;/m0./s1. The summed E-state index contributed by atoms with van der Waals surface area (Å²) in [5.74, 6) is -1.75. The molecule has 11 heteroatoms. The Bertz CT molecular complexity index is 1260. The lowest BCUT2D eigenvalue weighted by Crippen LogP contribution is -2.43. The zero-order valence-electron chi connectivity index (χ0n) is 21.4. The molecule has 0 aromatic heterocycles. The lowest BCUT2D eigenvalue weighted by molar-refractivity contribution is -0.186. The molecule has 1 atom stereocenters. The Kier molecular flexibility index (Phi) is 9.07. The van der Waals surface area contributed by atoms with Crippen molar-refractivity contribution in [3.05, 3.63) is 64.7 Å². The van der Waals surface area contributed by atoms with Crippen molar-refractivity contribution in [1.82, 2.24) is 14.7 Å². The molecule has 6 nitrogen and oxygen atoms in total. The fourth-order valence-electron chi connectivity index (χ4n) is 5.46. The van der Waals surface area contributed by atoms with Gasteiger partial charge >= 0.3 is 12.1 Å². The molecular formula is C27H33ClF3N3O3S. The number of alkyl halides is 3. The zero-order chi connectivity index (χ0) is 27.5. The van der Waals surface area contributed by atoms with E-state index in [0.717, 1.165) is 47.6 Å². The van der Waals surface area contributed by atoms with Gasteiger partial charge in [-0.05, 0) is 86.6 Å². The third-order valence-corrected chi connectivity index (χ3v) is 9.01. The second-order valence-corrected chi connectivity index (χ2v) is 12.8. The first kappa shape index (κ1) is 28.9. The molecule has 0 saturated carbocycles. The highest BCUT2D eigenvalue weighted by Crippen LogP contribution is 2.26. The lowest BCUT2D eigenvalue weighted by atomic mass is 9.99. The molecule has 208 valence electrons. The first-order valence-corrected chi connectivity index (χ1v) is 15.1. The smallest absolute Gasteiger partial charge is 0.330 e. The molecule has 0 bridgehead atoms. The number of amides is 1. The van der Waals surface area contributed by atoms with E-state index in [1.54, 1.807) is 24.3 Å². The fraction of sp³-hybridized carbons (Fsp3) is 0.519. The van der Waals surface area contributed by atoms with Gasteiger partial charge < -0.3 is 9.80 Å². The molecular weight excluding hydrogens is 539 g/mol. The summed E-state index contributed by atoms with van der Waals surface area (Å²) in [5, 5.41) is 0. The minimum Gasteiger partial charge on any atom is -0.330 e. The Hall–Kier alpha value is -2.14. The Morgan fingerprint density at radius 3 is 2.32 bits per heavy atom. The van der Waals surface area contributed by atoms with Crippen molar-refractivity contribution in [2.45, 2.75) is 62.3 Å². The van der Waals surface area contributed by atoms with E-state index in [4.69, 9.17) is 10.7 Å². The number of hydrogen-bond donors (Lipinski definition) is 0. The Morgan fingerprint density at radius 1 is 0.974 bits per heavy atom. The summed E-state index contributed by atoms with van der Waals surface area (Å²) in [5.41, 5.74) is 4.17. The fourth-order valence-corrected chi connectivity index (χ4v) is 6.26. The predicted molar refractivity (Wildman–Crippen MR) is 140 cm³/mol. The molecule has 3 heterocycles. The largest absolute Gasteiger partial charge is 0.471 e. The van der Waals surface area contributed by atoms with Gasteiger partial charge in [0.2, 0.25) is 0 Å². The van der Waals surface area contributed by atoms with E-state index in [2.05, 4.69) is 16.8 Å². The van der Waals surface area contributed by atoms with Crippen molar-refractivity contribution in [1.29, 1.82) is 0 Å². The highest BCUT2D eigenvalue weighted by Gasteiger charge is 2.43.